The van der Waals surface area contributed by atoms with Gasteiger partial charge in [0.15, 0.2) is 0 Å². The Balaban J connectivity index is 1.96. The fourth-order valence-corrected chi connectivity index (χ4v) is 4.08. The quantitative estimate of drug-likeness (QED) is 0.434. The number of ether oxygens (including phenoxy) is 1. The van der Waals surface area contributed by atoms with Crippen LogP contribution in [0.3, 0.4) is 0 Å². The highest BCUT2D eigenvalue weighted by atomic mass is 35.5. The molecule has 0 amide bonds. The molecule has 2 aromatic carbocycles. The maximum absolute atomic E-state index is 13.3. The number of anilines is 1. The van der Waals surface area contributed by atoms with E-state index in [1.807, 2.05) is 4.90 Å². The number of nitrogens with zero attached hydrogens (tertiary/aromatic N) is 3. The number of halogens is 5. The first-order valence-electron chi connectivity index (χ1n) is 9.69. The van der Waals surface area contributed by atoms with Gasteiger partial charge < -0.3 is 9.64 Å². The Hall–Kier alpha value is -2.79. The minimum atomic E-state index is -4.49. The first kappa shape index (κ1) is 22.4. The van der Waals surface area contributed by atoms with Gasteiger partial charge >= 0.3 is 6.18 Å². The van der Waals surface area contributed by atoms with Crippen LogP contribution >= 0.6 is 23.2 Å². The van der Waals surface area contributed by atoms with E-state index in [0.29, 0.717) is 59.0 Å². The lowest BCUT2D eigenvalue weighted by molar-refractivity contribution is -0.137. The predicted octanol–water partition coefficient (Wildman–Crippen LogP) is 6.45. The van der Waals surface area contributed by atoms with Crippen molar-refractivity contribution < 1.29 is 17.9 Å². The van der Waals surface area contributed by atoms with Crippen LogP contribution in [0, 0.1) is 11.3 Å². The molecule has 0 aliphatic carbocycles. The standard InChI is InChI=1S/C23H16Cl2F3N3O/c24-16-4-5-17(20(25)11-16)18-12-21(14-2-1-3-15(10-14)23(26,27)28)30-22(19(18)13-29)31-6-8-32-9-7-31/h1-5,10-12H,6-9H2. The van der Waals surface area contributed by atoms with Gasteiger partial charge in [-0.3, -0.25) is 0 Å². The van der Waals surface area contributed by atoms with Gasteiger partial charge in [-0.2, -0.15) is 18.4 Å². The zero-order valence-electron chi connectivity index (χ0n) is 16.6. The van der Waals surface area contributed by atoms with Gasteiger partial charge in [0.1, 0.15) is 17.5 Å². The summed E-state index contributed by atoms with van der Waals surface area (Å²) in [5.74, 6) is 0.381. The van der Waals surface area contributed by atoms with E-state index in [-0.39, 0.29) is 11.1 Å². The van der Waals surface area contributed by atoms with E-state index < -0.39 is 11.7 Å². The molecule has 1 aliphatic heterocycles. The van der Waals surface area contributed by atoms with Crippen molar-refractivity contribution in [1.29, 1.82) is 5.26 Å². The first-order valence-corrected chi connectivity index (χ1v) is 10.4. The normalized spacial score (nSPS) is 14.3. The third-order valence-corrected chi connectivity index (χ3v) is 5.68. The SMILES string of the molecule is N#Cc1c(-c2ccc(Cl)cc2Cl)cc(-c2cccc(C(F)(F)F)c2)nc1N1CCOCC1. The molecule has 0 saturated carbocycles. The maximum Gasteiger partial charge on any atom is 0.416 e. The minimum absolute atomic E-state index is 0.283. The van der Waals surface area contributed by atoms with Crippen molar-refractivity contribution in [2.45, 2.75) is 6.18 Å². The molecule has 32 heavy (non-hydrogen) atoms. The summed E-state index contributed by atoms with van der Waals surface area (Å²) in [6.45, 7) is 1.91. The number of rotatable bonds is 3. The van der Waals surface area contributed by atoms with Gasteiger partial charge in [0, 0.05) is 39.8 Å². The Morgan fingerprint density at radius 2 is 1.75 bits per heavy atom. The second-order valence-electron chi connectivity index (χ2n) is 7.17. The van der Waals surface area contributed by atoms with Crippen LogP contribution in [-0.4, -0.2) is 31.3 Å². The molecule has 1 aromatic heterocycles. The molecule has 0 spiro atoms. The molecule has 0 N–H and O–H groups in total. The third kappa shape index (κ3) is 4.53. The van der Waals surface area contributed by atoms with E-state index in [1.54, 1.807) is 30.3 Å². The molecule has 0 bridgehead atoms. The second-order valence-corrected chi connectivity index (χ2v) is 8.01. The van der Waals surface area contributed by atoms with Crippen LogP contribution in [0.15, 0.2) is 48.5 Å². The molecule has 9 heteroatoms. The molecule has 164 valence electrons. The lowest BCUT2D eigenvalue weighted by Crippen LogP contribution is -2.37. The van der Waals surface area contributed by atoms with E-state index in [9.17, 15) is 18.4 Å². The molecule has 1 saturated heterocycles. The van der Waals surface area contributed by atoms with E-state index >= 15 is 0 Å². The van der Waals surface area contributed by atoms with E-state index in [1.165, 1.54) is 6.07 Å². The Morgan fingerprint density at radius 1 is 1.00 bits per heavy atom. The molecule has 1 fully saturated rings. The molecule has 4 rings (SSSR count). The van der Waals surface area contributed by atoms with Gasteiger partial charge in [0.25, 0.3) is 0 Å². The lowest BCUT2D eigenvalue weighted by atomic mass is 9.97. The number of aromatic nitrogens is 1. The van der Waals surface area contributed by atoms with Gasteiger partial charge in [-0.05, 0) is 30.3 Å². The number of alkyl halides is 3. The number of hydrogen-bond acceptors (Lipinski definition) is 4. The van der Waals surface area contributed by atoms with Crippen LogP contribution in [0.1, 0.15) is 11.1 Å². The molecule has 0 unspecified atom stereocenters. The average molecular weight is 478 g/mol. The molecule has 0 radical (unpaired) electrons. The van der Waals surface area contributed by atoms with Crippen molar-refractivity contribution in [1.82, 2.24) is 4.98 Å². The number of morpholine rings is 1. The average Bonchev–Trinajstić information content (AvgIpc) is 2.78. The summed E-state index contributed by atoms with van der Waals surface area (Å²) >= 11 is 12.4. The molecular weight excluding hydrogens is 462 g/mol. The number of hydrogen-bond donors (Lipinski definition) is 0. The molecule has 2 heterocycles. The molecule has 0 atom stereocenters. The smallest absolute Gasteiger partial charge is 0.378 e. The zero-order chi connectivity index (χ0) is 22.9. The highest BCUT2D eigenvalue weighted by Crippen LogP contribution is 2.39. The van der Waals surface area contributed by atoms with Gasteiger partial charge in [0.2, 0.25) is 0 Å². The van der Waals surface area contributed by atoms with Crippen LogP contribution in [0.5, 0.6) is 0 Å². The fraction of sp³-hybridized carbons (Fsp3) is 0.217. The Bertz CT molecular complexity index is 1200. The van der Waals surface area contributed by atoms with Crippen molar-refractivity contribution in [2.24, 2.45) is 0 Å². The third-order valence-electron chi connectivity index (χ3n) is 5.13. The number of nitriles is 1. The molecule has 4 nitrogen and oxygen atoms in total. The van der Waals surface area contributed by atoms with E-state index in [4.69, 9.17) is 27.9 Å². The fourth-order valence-electron chi connectivity index (χ4n) is 3.57. The summed E-state index contributed by atoms with van der Waals surface area (Å²) in [6.07, 6.45) is -4.49. The van der Waals surface area contributed by atoms with Crippen molar-refractivity contribution in [3.05, 3.63) is 69.7 Å². The van der Waals surface area contributed by atoms with Crippen LogP contribution in [-0.2, 0) is 10.9 Å². The highest BCUT2D eigenvalue weighted by molar-refractivity contribution is 6.36. The van der Waals surface area contributed by atoms with Crippen molar-refractivity contribution >= 4 is 29.0 Å². The molecule has 3 aromatic rings. The predicted molar refractivity (Wildman–Crippen MR) is 118 cm³/mol. The number of pyridine rings is 1. The highest BCUT2D eigenvalue weighted by Gasteiger charge is 2.31. The summed E-state index contributed by atoms with van der Waals surface area (Å²) in [6, 6.07) is 13.6. The van der Waals surface area contributed by atoms with Crippen molar-refractivity contribution in [3.63, 3.8) is 0 Å². The summed E-state index contributed by atoms with van der Waals surface area (Å²) in [7, 11) is 0. The van der Waals surface area contributed by atoms with E-state index in [0.717, 1.165) is 12.1 Å². The topological polar surface area (TPSA) is 49.2 Å². The van der Waals surface area contributed by atoms with Crippen LogP contribution in [0.25, 0.3) is 22.4 Å². The Kier molecular flexibility index (Phi) is 6.29. The Labute approximate surface area is 192 Å². The minimum Gasteiger partial charge on any atom is -0.378 e. The first-order chi connectivity index (χ1) is 15.3. The molecular formula is C23H16Cl2F3N3O. The largest absolute Gasteiger partial charge is 0.416 e. The van der Waals surface area contributed by atoms with Crippen LogP contribution < -0.4 is 4.90 Å². The summed E-state index contributed by atoms with van der Waals surface area (Å²) < 4.78 is 45.3. The van der Waals surface area contributed by atoms with Crippen molar-refractivity contribution in [3.8, 4) is 28.5 Å². The van der Waals surface area contributed by atoms with Crippen LogP contribution in [0.4, 0.5) is 19.0 Å². The second kappa shape index (κ2) is 8.99. The van der Waals surface area contributed by atoms with Gasteiger partial charge in [-0.15, -0.1) is 0 Å². The van der Waals surface area contributed by atoms with Gasteiger partial charge in [-0.1, -0.05) is 41.4 Å². The van der Waals surface area contributed by atoms with E-state index in [2.05, 4.69) is 11.1 Å². The lowest BCUT2D eigenvalue weighted by Gasteiger charge is -2.29. The monoisotopic (exact) mass is 477 g/mol. The van der Waals surface area contributed by atoms with Gasteiger partial charge in [0.05, 0.1) is 24.5 Å². The summed E-state index contributed by atoms with van der Waals surface area (Å²) in [5.41, 5.74) is 1.10. The zero-order valence-corrected chi connectivity index (χ0v) is 18.1. The summed E-state index contributed by atoms with van der Waals surface area (Å²) in [4.78, 5) is 6.50. The summed E-state index contributed by atoms with van der Waals surface area (Å²) in [5, 5.41) is 10.7. The van der Waals surface area contributed by atoms with Crippen LogP contribution in [0.2, 0.25) is 10.0 Å². The maximum atomic E-state index is 13.3. The van der Waals surface area contributed by atoms with Crippen molar-refractivity contribution in [2.75, 3.05) is 31.2 Å². The Morgan fingerprint density at radius 3 is 2.41 bits per heavy atom. The van der Waals surface area contributed by atoms with Gasteiger partial charge in [-0.25, -0.2) is 4.98 Å². The molecule has 1 aliphatic rings. The number of benzene rings is 2.